The Labute approximate surface area is 113 Å². The standard InChI is InChI=1S/C13H18N2O3S/c1-11(5-7-16)15-6-8-19(17,18)13-4-2-3-12(9-13)10-14/h2-4,9,11,15-16H,5-8H2,1H3. The molecule has 1 atom stereocenters. The van der Waals surface area contributed by atoms with Gasteiger partial charge in [0, 0.05) is 19.2 Å². The van der Waals surface area contributed by atoms with Crippen LogP contribution >= 0.6 is 0 Å². The Hall–Kier alpha value is -1.42. The number of rotatable bonds is 7. The number of sulfone groups is 1. The van der Waals surface area contributed by atoms with Crippen LogP contribution in [0.4, 0.5) is 0 Å². The third-order valence-electron chi connectivity index (χ3n) is 2.75. The Kier molecular flexibility index (Phi) is 5.96. The average Bonchev–Trinajstić information content (AvgIpc) is 2.39. The van der Waals surface area contributed by atoms with Gasteiger partial charge in [-0.25, -0.2) is 8.42 Å². The minimum atomic E-state index is -3.38. The highest BCUT2D eigenvalue weighted by Gasteiger charge is 2.14. The van der Waals surface area contributed by atoms with E-state index >= 15 is 0 Å². The summed E-state index contributed by atoms with van der Waals surface area (Å²) in [6, 6.07) is 8.00. The molecule has 0 spiro atoms. The van der Waals surface area contributed by atoms with Crippen molar-refractivity contribution in [2.75, 3.05) is 18.9 Å². The van der Waals surface area contributed by atoms with Crippen molar-refractivity contribution in [3.63, 3.8) is 0 Å². The number of nitriles is 1. The predicted molar refractivity (Wildman–Crippen MR) is 72.4 cm³/mol. The molecule has 0 aliphatic carbocycles. The van der Waals surface area contributed by atoms with Crippen LogP contribution < -0.4 is 5.32 Å². The molecule has 1 aromatic rings. The van der Waals surface area contributed by atoms with E-state index in [9.17, 15) is 8.42 Å². The van der Waals surface area contributed by atoms with E-state index in [2.05, 4.69) is 5.32 Å². The van der Waals surface area contributed by atoms with Crippen molar-refractivity contribution in [1.82, 2.24) is 5.32 Å². The van der Waals surface area contributed by atoms with E-state index in [1.807, 2.05) is 13.0 Å². The summed E-state index contributed by atoms with van der Waals surface area (Å²) in [5.74, 6) is -0.0301. The fourth-order valence-electron chi connectivity index (χ4n) is 1.61. The van der Waals surface area contributed by atoms with Crippen LogP contribution in [-0.4, -0.2) is 38.5 Å². The summed E-state index contributed by atoms with van der Waals surface area (Å²) in [6.07, 6.45) is 0.587. The first-order valence-electron chi connectivity index (χ1n) is 6.07. The van der Waals surface area contributed by atoms with Crippen molar-refractivity contribution in [2.24, 2.45) is 0 Å². The van der Waals surface area contributed by atoms with Gasteiger partial charge < -0.3 is 10.4 Å². The molecule has 0 bridgehead atoms. The van der Waals surface area contributed by atoms with Crippen LogP contribution in [0.1, 0.15) is 18.9 Å². The minimum Gasteiger partial charge on any atom is -0.396 e. The molecule has 0 saturated carbocycles. The van der Waals surface area contributed by atoms with Gasteiger partial charge in [-0.1, -0.05) is 6.07 Å². The summed E-state index contributed by atoms with van der Waals surface area (Å²) in [4.78, 5) is 0.170. The third kappa shape index (κ3) is 4.99. The van der Waals surface area contributed by atoms with E-state index in [0.29, 0.717) is 18.5 Å². The largest absolute Gasteiger partial charge is 0.396 e. The van der Waals surface area contributed by atoms with E-state index in [-0.39, 0.29) is 23.3 Å². The van der Waals surface area contributed by atoms with Gasteiger partial charge >= 0.3 is 0 Å². The molecular weight excluding hydrogens is 264 g/mol. The van der Waals surface area contributed by atoms with Crippen molar-refractivity contribution < 1.29 is 13.5 Å². The van der Waals surface area contributed by atoms with Crippen LogP contribution in [-0.2, 0) is 9.84 Å². The van der Waals surface area contributed by atoms with Gasteiger partial charge in [0.25, 0.3) is 0 Å². The Bertz CT molecular complexity index is 549. The molecule has 19 heavy (non-hydrogen) atoms. The molecule has 0 amide bonds. The van der Waals surface area contributed by atoms with Gasteiger partial charge in [0.2, 0.25) is 0 Å². The normalized spacial score (nSPS) is 12.9. The molecule has 0 saturated heterocycles. The second kappa shape index (κ2) is 7.24. The Morgan fingerprint density at radius 3 is 2.84 bits per heavy atom. The molecular formula is C13H18N2O3S. The van der Waals surface area contributed by atoms with Crippen LogP contribution in [0.3, 0.4) is 0 Å². The fourth-order valence-corrected chi connectivity index (χ4v) is 2.83. The van der Waals surface area contributed by atoms with E-state index in [4.69, 9.17) is 10.4 Å². The van der Waals surface area contributed by atoms with E-state index in [1.54, 1.807) is 12.1 Å². The van der Waals surface area contributed by atoms with Crippen LogP contribution in [0.5, 0.6) is 0 Å². The molecule has 2 N–H and O–H groups in total. The number of aliphatic hydroxyl groups excluding tert-OH is 1. The van der Waals surface area contributed by atoms with Gasteiger partial charge in [-0.05, 0) is 31.5 Å². The molecule has 1 rings (SSSR count). The van der Waals surface area contributed by atoms with Gasteiger partial charge in [0.1, 0.15) is 0 Å². The van der Waals surface area contributed by atoms with Gasteiger partial charge in [-0.2, -0.15) is 5.26 Å². The quantitative estimate of drug-likeness (QED) is 0.768. The molecule has 0 heterocycles. The molecule has 0 aliphatic rings. The van der Waals surface area contributed by atoms with Crippen LogP contribution in [0.2, 0.25) is 0 Å². The lowest BCUT2D eigenvalue weighted by atomic mass is 10.2. The highest BCUT2D eigenvalue weighted by atomic mass is 32.2. The van der Waals surface area contributed by atoms with E-state index < -0.39 is 9.84 Å². The Morgan fingerprint density at radius 2 is 2.21 bits per heavy atom. The summed E-state index contributed by atoms with van der Waals surface area (Å²) in [7, 11) is -3.38. The third-order valence-corrected chi connectivity index (χ3v) is 4.46. The number of benzene rings is 1. The highest BCUT2D eigenvalue weighted by molar-refractivity contribution is 7.91. The maximum absolute atomic E-state index is 12.0. The molecule has 0 radical (unpaired) electrons. The molecule has 0 aromatic heterocycles. The summed E-state index contributed by atoms with van der Waals surface area (Å²) in [6.45, 7) is 2.28. The first-order chi connectivity index (χ1) is 8.99. The van der Waals surface area contributed by atoms with Gasteiger partial charge in [0.15, 0.2) is 9.84 Å². The number of hydrogen-bond acceptors (Lipinski definition) is 5. The summed E-state index contributed by atoms with van der Waals surface area (Å²) < 4.78 is 24.1. The highest BCUT2D eigenvalue weighted by Crippen LogP contribution is 2.12. The molecule has 5 nitrogen and oxygen atoms in total. The number of aliphatic hydroxyl groups is 1. The van der Waals surface area contributed by atoms with E-state index in [0.717, 1.165) is 0 Å². The maximum Gasteiger partial charge on any atom is 0.179 e. The number of hydrogen-bond donors (Lipinski definition) is 2. The lowest BCUT2D eigenvalue weighted by Gasteiger charge is -2.12. The zero-order chi connectivity index (χ0) is 14.3. The van der Waals surface area contributed by atoms with Crippen LogP contribution in [0, 0.1) is 11.3 Å². The van der Waals surface area contributed by atoms with Crippen molar-refractivity contribution in [3.8, 4) is 6.07 Å². The number of nitrogens with one attached hydrogen (secondary N) is 1. The molecule has 0 aliphatic heterocycles. The fraction of sp³-hybridized carbons (Fsp3) is 0.462. The van der Waals surface area contributed by atoms with E-state index in [1.165, 1.54) is 12.1 Å². The van der Waals surface area contributed by atoms with Gasteiger partial charge in [-0.3, -0.25) is 0 Å². The monoisotopic (exact) mass is 282 g/mol. The molecule has 0 fully saturated rings. The predicted octanol–water partition coefficient (Wildman–Crippen LogP) is 0.692. The van der Waals surface area contributed by atoms with Crippen molar-refractivity contribution in [1.29, 1.82) is 5.26 Å². The first kappa shape index (κ1) is 15.6. The maximum atomic E-state index is 12.0. The van der Waals surface area contributed by atoms with Crippen molar-refractivity contribution >= 4 is 9.84 Å². The molecule has 1 unspecified atom stereocenters. The summed E-state index contributed by atoms with van der Waals surface area (Å²) in [5.41, 5.74) is 0.336. The molecule has 1 aromatic carbocycles. The van der Waals surface area contributed by atoms with Gasteiger partial charge in [-0.15, -0.1) is 0 Å². The Balaban J connectivity index is 2.63. The molecule has 104 valence electrons. The SMILES string of the molecule is CC(CCO)NCCS(=O)(=O)c1cccc(C#N)c1. The zero-order valence-corrected chi connectivity index (χ0v) is 11.7. The van der Waals surface area contributed by atoms with Crippen molar-refractivity contribution in [3.05, 3.63) is 29.8 Å². The lowest BCUT2D eigenvalue weighted by Crippen LogP contribution is -2.31. The minimum absolute atomic E-state index is 0.0301. The zero-order valence-electron chi connectivity index (χ0n) is 10.8. The first-order valence-corrected chi connectivity index (χ1v) is 7.72. The number of nitrogens with zero attached hydrogens (tertiary/aromatic N) is 1. The Morgan fingerprint density at radius 1 is 1.47 bits per heavy atom. The summed E-state index contributed by atoms with van der Waals surface area (Å²) in [5, 5.41) is 20.5. The average molecular weight is 282 g/mol. The van der Waals surface area contributed by atoms with Gasteiger partial charge in [0.05, 0.1) is 22.3 Å². The second-order valence-corrected chi connectivity index (χ2v) is 6.44. The second-order valence-electron chi connectivity index (χ2n) is 4.33. The summed E-state index contributed by atoms with van der Waals surface area (Å²) >= 11 is 0. The van der Waals surface area contributed by atoms with Crippen LogP contribution in [0.15, 0.2) is 29.2 Å². The molecule has 6 heteroatoms. The lowest BCUT2D eigenvalue weighted by molar-refractivity contribution is 0.270. The van der Waals surface area contributed by atoms with Crippen LogP contribution in [0.25, 0.3) is 0 Å². The topological polar surface area (TPSA) is 90.2 Å². The smallest absolute Gasteiger partial charge is 0.179 e. The van der Waals surface area contributed by atoms with Crippen molar-refractivity contribution in [2.45, 2.75) is 24.3 Å².